The molecule has 5 rings (SSSR count). The lowest BCUT2D eigenvalue weighted by Gasteiger charge is -2.16. The summed E-state index contributed by atoms with van der Waals surface area (Å²) in [4.78, 5) is 0. The number of benzene rings is 3. The van der Waals surface area contributed by atoms with E-state index in [1.165, 1.54) is 11.1 Å². The lowest BCUT2D eigenvalue weighted by atomic mass is 10.0. The summed E-state index contributed by atoms with van der Waals surface area (Å²) < 4.78 is 13.3. The largest absolute Gasteiger partial charge is 0.497 e. The van der Waals surface area contributed by atoms with E-state index in [-0.39, 0.29) is 0 Å². The highest BCUT2D eigenvalue weighted by Gasteiger charge is 2.20. The number of ether oxygens (including phenoxy) is 2. The van der Waals surface area contributed by atoms with Gasteiger partial charge in [0.1, 0.15) is 22.9 Å². The number of aryl methyl sites for hydroxylation is 1. The summed E-state index contributed by atoms with van der Waals surface area (Å²) in [5, 5.41) is 10.3. The van der Waals surface area contributed by atoms with E-state index in [4.69, 9.17) is 9.47 Å². The predicted octanol–water partition coefficient (Wildman–Crippen LogP) is 5.97. The van der Waals surface area contributed by atoms with Crippen LogP contribution in [0.15, 0.2) is 72.9 Å². The normalized spacial score (nSPS) is 11.2. The van der Waals surface area contributed by atoms with Gasteiger partial charge in [-0.05, 0) is 67.9 Å². The Labute approximate surface area is 187 Å². The van der Waals surface area contributed by atoms with E-state index in [2.05, 4.69) is 58.2 Å². The minimum absolute atomic E-state index is 0.647. The molecule has 0 spiro atoms. The minimum atomic E-state index is 0.647. The van der Waals surface area contributed by atoms with Crippen molar-refractivity contribution in [2.45, 2.75) is 20.4 Å². The van der Waals surface area contributed by atoms with Gasteiger partial charge in [-0.15, -0.1) is 10.2 Å². The monoisotopic (exact) mass is 423 g/mol. The van der Waals surface area contributed by atoms with Crippen LogP contribution in [-0.2, 0) is 6.54 Å². The number of rotatable bonds is 6. The van der Waals surface area contributed by atoms with Gasteiger partial charge >= 0.3 is 0 Å². The average molecular weight is 424 g/mol. The maximum atomic E-state index is 5.59. The zero-order valence-corrected chi connectivity index (χ0v) is 18.5. The molecule has 0 fully saturated rings. The maximum Gasteiger partial charge on any atom is 0.119 e. The number of pyridine rings is 1. The standard InChI is InChI=1S/C27H25N3O2/c1-4-32-21-11-9-20(10-12-21)26-24-17-30(16-19-6-5-7-22(15-19)31-3)25-13-8-18(2)14-23(25)27(24)29-28-26/h5-15,17H,4,16H2,1-3H3. The van der Waals surface area contributed by atoms with Crippen molar-refractivity contribution in [2.24, 2.45) is 0 Å². The third-order valence-electron chi connectivity index (χ3n) is 5.69. The maximum absolute atomic E-state index is 5.59. The van der Waals surface area contributed by atoms with Gasteiger partial charge in [-0.2, -0.15) is 0 Å². The molecule has 0 N–H and O–H groups in total. The van der Waals surface area contributed by atoms with Crippen LogP contribution in [0.3, 0.4) is 0 Å². The van der Waals surface area contributed by atoms with Gasteiger partial charge in [-0.25, -0.2) is 0 Å². The molecule has 160 valence electrons. The molecular formula is C27H25N3O2. The van der Waals surface area contributed by atoms with Crippen LogP contribution in [0, 0.1) is 6.92 Å². The lowest BCUT2D eigenvalue weighted by Crippen LogP contribution is -2.04. The summed E-state index contributed by atoms with van der Waals surface area (Å²) in [7, 11) is 1.70. The fourth-order valence-corrected chi connectivity index (χ4v) is 4.14. The number of fused-ring (bicyclic) bond motifs is 3. The van der Waals surface area contributed by atoms with Gasteiger partial charge < -0.3 is 14.0 Å². The molecule has 3 aromatic rings. The molecule has 0 unspecified atom stereocenters. The summed E-state index contributed by atoms with van der Waals surface area (Å²) in [5.41, 5.74) is 7.37. The first-order valence-corrected chi connectivity index (χ1v) is 10.8. The first kappa shape index (κ1) is 20.1. The average Bonchev–Trinajstić information content (AvgIpc) is 3.24. The zero-order valence-electron chi connectivity index (χ0n) is 18.5. The van der Waals surface area contributed by atoms with Crippen molar-refractivity contribution in [1.29, 1.82) is 0 Å². The van der Waals surface area contributed by atoms with E-state index in [9.17, 15) is 0 Å². The lowest BCUT2D eigenvalue weighted by molar-refractivity contribution is 0.340. The molecule has 0 radical (unpaired) electrons. The van der Waals surface area contributed by atoms with Crippen molar-refractivity contribution in [3.05, 3.63) is 84.1 Å². The first-order valence-electron chi connectivity index (χ1n) is 10.8. The van der Waals surface area contributed by atoms with Gasteiger partial charge in [0.15, 0.2) is 0 Å². The molecule has 0 saturated heterocycles. The third kappa shape index (κ3) is 3.66. The third-order valence-corrected chi connectivity index (χ3v) is 5.69. The highest BCUT2D eigenvalue weighted by atomic mass is 16.5. The Balaban J connectivity index is 1.66. The fourth-order valence-electron chi connectivity index (χ4n) is 4.14. The van der Waals surface area contributed by atoms with Gasteiger partial charge in [0.05, 0.1) is 19.2 Å². The summed E-state index contributed by atoms with van der Waals surface area (Å²) in [6.45, 7) is 5.46. The zero-order chi connectivity index (χ0) is 22.1. The molecule has 3 aromatic carbocycles. The molecule has 0 aliphatic carbocycles. The molecule has 0 bridgehead atoms. The Kier molecular flexibility index (Phi) is 5.23. The molecule has 5 nitrogen and oxygen atoms in total. The molecule has 5 heteroatoms. The number of hydrogen-bond donors (Lipinski definition) is 0. The summed E-state index contributed by atoms with van der Waals surface area (Å²) in [6.07, 6.45) is 2.16. The molecule has 32 heavy (non-hydrogen) atoms. The predicted molar refractivity (Wildman–Crippen MR) is 128 cm³/mol. The Morgan fingerprint density at radius 2 is 1.69 bits per heavy atom. The summed E-state index contributed by atoms with van der Waals surface area (Å²) in [6, 6.07) is 22.7. The van der Waals surface area contributed by atoms with Gasteiger partial charge in [-0.3, -0.25) is 0 Å². The Hall–Kier alpha value is -3.86. The van der Waals surface area contributed by atoms with Gasteiger partial charge in [0.2, 0.25) is 0 Å². The molecule has 0 atom stereocenters. The van der Waals surface area contributed by atoms with Crippen LogP contribution in [0.5, 0.6) is 11.5 Å². The molecule has 2 aliphatic heterocycles. The van der Waals surface area contributed by atoms with Crippen molar-refractivity contribution in [2.75, 3.05) is 13.7 Å². The van der Waals surface area contributed by atoms with Crippen LogP contribution < -0.4 is 9.47 Å². The number of methoxy groups -OCH3 is 1. The second-order valence-corrected chi connectivity index (χ2v) is 7.90. The minimum Gasteiger partial charge on any atom is -0.497 e. The van der Waals surface area contributed by atoms with E-state index in [0.29, 0.717) is 6.61 Å². The fraction of sp³-hybridized carbons (Fsp3) is 0.185. The Morgan fingerprint density at radius 3 is 2.47 bits per heavy atom. The number of hydrogen-bond acceptors (Lipinski definition) is 4. The van der Waals surface area contributed by atoms with E-state index < -0.39 is 0 Å². The SMILES string of the molecule is CCOc1ccc(-c2nnc3c4cc(C)ccc4n(Cc4cccc(OC)c4)cc2-3)cc1. The summed E-state index contributed by atoms with van der Waals surface area (Å²) in [5.74, 6) is 1.71. The van der Waals surface area contributed by atoms with Crippen LogP contribution in [0.1, 0.15) is 18.1 Å². The van der Waals surface area contributed by atoms with Gasteiger partial charge in [-0.1, -0.05) is 23.8 Å². The van der Waals surface area contributed by atoms with Crippen LogP contribution in [0.2, 0.25) is 0 Å². The first-order chi connectivity index (χ1) is 15.7. The number of nitrogens with zero attached hydrogens (tertiary/aromatic N) is 3. The molecule has 0 aromatic heterocycles. The smallest absolute Gasteiger partial charge is 0.119 e. The van der Waals surface area contributed by atoms with Crippen molar-refractivity contribution < 1.29 is 9.47 Å². The van der Waals surface area contributed by atoms with Crippen molar-refractivity contribution in [3.8, 4) is 34.0 Å². The van der Waals surface area contributed by atoms with Gasteiger partial charge in [0, 0.05) is 29.3 Å². The van der Waals surface area contributed by atoms with Gasteiger partial charge in [0.25, 0.3) is 0 Å². The highest BCUT2D eigenvalue weighted by molar-refractivity contribution is 5.98. The van der Waals surface area contributed by atoms with E-state index >= 15 is 0 Å². The topological polar surface area (TPSA) is 49.2 Å². The molecule has 0 saturated carbocycles. The van der Waals surface area contributed by atoms with Crippen molar-refractivity contribution in [3.63, 3.8) is 0 Å². The van der Waals surface area contributed by atoms with Crippen molar-refractivity contribution >= 4 is 10.9 Å². The van der Waals surface area contributed by atoms with Crippen LogP contribution in [-0.4, -0.2) is 28.5 Å². The van der Waals surface area contributed by atoms with E-state index in [1.807, 2.05) is 43.3 Å². The summed E-state index contributed by atoms with van der Waals surface area (Å²) >= 11 is 0. The van der Waals surface area contributed by atoms with Crippen LogP contribution >= 0.6 is 0 Å². The molecule has 0 amide bonds. The second-order valence-electron chi connectivity index (χ2n) is 7.90. The van der Waals surface area contributed by atoms with E-state index in [1.54, 1.807) is 7.11 Å². The van der Waals surface area contributed by atoms with E-state index in [0.717, 1.165) is 51.5 Å². The highest BCUT2D eigenvalue weighted by Crippen LogP contribution is 2.37. The quantitative estimate of drug-likeness (QED) is 0.338. The Bertz CT molecular complexity index is 1360. The van der Waals surface area contributed by atoms with Crippen LogP contribution in [0.25, 0.3) is 33.4 Å². The van der Waals surface area contributed by atoms with Crippen molar-refractivity contribution in [1.82, 2.24) is 14.8 Å². The second kappa shape index (κ2) is 8.35. The molecule has 2 aliphatic rings. The number of aromatic nitrogens is 3. The molecular weight excluding hydrogens is 398 g/mol. The van der Waals surface area contributed by atoms with Crippen LogP contribution in [0.4, 0.5) is 0 Å². The molecule has 2 heterocycles. The Morgan fingerprint density at radius 1 is 0.875 bits per heavy atom.